The number of ether oxygens (including phenoxy) is 1. The molecule has 0 aliphatic carbocycles. The van der Waals surface area contributed by atoms with Crippen LogP contribution in [-0.4, -0.2) is 31.4 Å². The summed E-state index contributed by atoms with van der Waals surface area (Å²) in [7, 11) is 0. The van der Waals surface area contributed by atoms with E-state index in [0.29, 0.717) is 11.6 Å². The average Bonchev–Trinajstić information content (AvgIpc) is 3.13. The van der Waals surface area contributed by atoms with Crippen molar-refractivity contribution in [1.29, 1.82) is 0 Å². The highest BCUT2D eigenvalue weighted by atomic mass is 16.5. The average molecular weight is 347 g/mol. The summed E-state index contributed by atoms with van der Waals surface area (Å²) in [6.45, 7) is 3.77. The van der Waals surface area contributed by atoms with Gasteiger partial charge < -0.3 is 4.74 Å². The molecular formula is C20H21N5O. The van der Waals surface area contributed by atoms with Gasteiger partial charge in [-0.1, -0.05) is 6.07 Å². The summed E-state index contributed by atoms with van der Waals surface area (Å²) in [5.41, 5.74) is 2.85. The van der Waals surface area contributed by atoms with Crippen molar-refractivity contribution in [2.75, 3.05) is 6.54 Å². The fraction of sp³-hybridized carbons (Fsp3) is 0.300. The van der Waals surface area contributed by atoms with E-state index in [9.17, 15) is 0 Å². The lowest BCUT2D eigenvalue weighted by molar-refractivity contribution is 0.240. The van der Waals surface area contributed by atoms with Crippen molar-refractivity contribution < 1.29 is 4.74 Å². The van der Waals surface area contributed by atoms with E-state index in [2.05, 4.69) is 25.9 Å². The maximum Gasteiger partial charge on any atom is 0.238 e. The van der Waals surface area contributed by atoms with Gasteiger partial charge in [-0.2, -0.15) is 0 Å². The molecular weight excluding hydrogens is 326 g/mol. The van der Waals surface area contributed by atoms with Crippen molar-refractivity contribution in [3.63, 3.8) is 0 Å². The summed E-state index contributed by atoms with van der Waals surface area (Å²) in [6.07, 6.45) is 9.28. The van der Waals surface area contributed by atoms with Crippen molar-refractivity contribution in [2.24, 2.45) is 0 Å². The highest BCUT2D eigenvalue weighted by Gasteiger charge is 2.28. The smallest absolute Gasteiger partial charge is 0.238 e. The Balaban J connectivity index is 1.53. The highest BCUT2D eigenvalue weighted by molar-refractivity contribution is 5.29. The highest BCUT2D eigenvalue weighted by Crippen LogP contribution is 2.32. The molecule has 0 unspecified atom stereocenters. The molecule has 0 bridgehead atoms. The van der Waals surface area contributed by atoms with Crippen LogP contribution in [0, 0.1) is 6.92 Å². The largest absolute Gasteiger partial charge is 0.436 e. The summed E-state index contributed by atoms with van der Waals surface area (Å²) in [5.74, 6) is 1.21. The molecule has 3 aromatic heterocycles. The van der Waals surface area contributed by atoms with Crippen molar-refractivity contribution in [2.45, 2.75) is 32.4 Å². The van der Waals surface area contributed by atoms with Crippen LogP contribution in [0.1, 0.15) is 36.0 Å². The second kappa shape index (κ2) is 7.58. The standard InChI is InChI=1S/C20H21N5O/c1-15-19(8-4-10-22-15)26-20-13-21-12-17(24-20)18-7-5-11-25(18)14-16-6-2-3-9-23-16/h2-4,6,8-10,12-13,18H,5,7,11,14H2,1H3/t18-/m0/s1. The maximum atomic E-state index is 5.90. The molecule has 26 heavy (non-hydrogen) atoms. The Hall–Kier alpha value is -2.86. The molecule has 0 aromatic carbocycles. The van der Waals surface area contributed by atoms with Crippen LogP contribution >= 0.6 is 0 Å². The van der Waals surface area contributed by atoms with E-state index in [4.69, 9.17) is 9.72 Å². The van der Waals surface area contributed by atoms with Crippen LogP contribution in [0.25, 0.3) is 0 Å². The lowest BCUT2D eigenvalue weighted by Crippen LogP contribution is -2.24. The number of aromatic nitrogens is 4. The number of hydrogen-bond acceptors (Lipinski definition) is 6. The summed E-state index contributed by atoms with van der Waals surface area (Å²) in [5, 5.41) is 0. The van der Waals surface area contributed by atoms with E-state index in [0.717, 1.165) is 43.0 Å². The molecule has 1 aliphatic rings. The second-order valence-electron chi connectivity index (χ2n) is 6.42. The Morgan fingerprint density at radius 3 is 2.88 bits per heavy atom. The number of hydrogen-bond donors (Lipinski definition) is 0. The molecule has 0 amide bonds. The van der Waals surface area contributed by atoms with Gasteiger partial charge in [-0.05, 0) is 50.6 Å². The van der Waals surface area contributed by atoms with Crippen molar-refractivity contribution in [1.82, 2.24) is 24.8 Å². The topological polar surface area (TPSA) is 64.0 Å². The fourth-order valence-electron chi connectivity index (χ4n) is 3.31. The number of likely N-dealkylation sites (tertiary alicyclic amines) is 1. The lowest BCUT2D eigenvalue weighted by atomic mass is 10.1. The van der Waals surface area contributed by atoms with Crippen LogP contribution in [0.4, 0.5) is 0 Å². The zero-order chi connectivity index (χ0) is 17.8. The molecule has 3 aromatic rings. The molecule has 132 valence electrons. The number of pyridine rings is 2. The predicted octanol–water partition coefficient (Wildman–Crippen LogP) is 3.70. The first kappa shape index (κ1) is 16.6. The minimum absolute atomic E-state index is 0.239. The molecule has 0 N–H and O–H groups in total. The quantitative estimate of drug-likeness (QED) is 0.701. The van der Waals surface area contributed by atoms with Gasteiger partial charge in [-0.15, -0.1) is 0 Å². The van der Waals surface area contributed by atoms with Crippen LogP contribution in [0.2, 0.25) is 0 Å². The van der Waals surface area contributed by atoms with Crippen molar-refractivity contribution >= 4 is 0 Å². The van der Waals surface area contributed by atoms with E-state index < -0.39 is 0 Å². The maximum absolute atomic E-state index is 5.90. The number of rotatable bonds is 5. The Morgan fingerprint density at radius 2 is 2.04 bits per heavy atom. The summed E-state index contributed by atoms with van der Waals surface area (Å²) < 4.78 is 5.90. The SMILES string of the molecule is Cc1ncccc1Oc1cncc([C@@H]2CCCN2Cc2ccccn2)n1. The Labute approximate surface area is 152 Å². The third kappa shape index (κ3) is 3.70. The summed E-state index contributed by atoms with van der Waals surface area (Å²) in [6, 6.07) is 10.0. The van der Waals surface area contributed by atoms with E-state index in [1.54, 1.807) is 12.4 Å². The third-order valence-electron chi connectivity index (χ3n) is 4.60. The van der Waals surface area contributed by atoms with Gasteiger partial charge >= 0.3 is 0 Å². The summed E-state index contributed by atoms with van der Waals surface area (Å²) >= 11 is 0. The van der Waals surface area contributed by atoms with E-state index in [1.165, 1.54) is 0 Å². The molecule has 1 aliphatic heterocycles. The van der Waals surface area contributed by atoms with Crippen LogP contribution in [0.5, 0.6) is 11.6 Å². The minimum atomic E-state index is 0.239. The molecule has 4 heterocycles. The lowest BCUT2D eigenvalue weighted by Gasteiger charge is -2.23. The Morgan fingerprint density at radius 1 is 1.12 bits per heavy atom. The van der Waals surface area contributed by atoms with Gasteiger partial charge in [-0.25, -0.2) is 4.98 Å². The second-order valence-corrected chi connectivity index (χ2v) is 6.42. The minimum Gasteiger partial charge on any atom is -0.436 e. The van der Waals surface area contributed by atoms with Crippen molar-refractivity contribution in [3.05, 3.63) is 72.2 Å². The van der Waals surface area contributed by atoms with Crippen LogP contribution in [0.15, 0.2) is 55.1 Å². The van der Waals surface area contributed by atoms with Gasteiger partial charge in [0.1, 0.15) is 0 Å². The third-order valence-corrected chi connectivity index (χ3v) is 4.60. The van der Waals surface area contributed by atoms with E-state index in [1.807, 2.05) is 43.6 Å². The van der Waals surface area contributed by atoms with Gasteiger partial charge in [-0.3, -0.25) is 19.9 Å². The van der Waals surface area contributed by atoms with Crippen LogP contribution in [-0.2, 0) is 6.54 Å². The van der Waals surface area contributed by atoms with Gasteiger partial charge in [0, 0.05) is 18.9 Å². The van der Waals surface area contributed by atoms with Gasteiger partial charge in [0.05, 0.1) is 35.5 Å². The van der Waals surface area contributed by atoms with E-state index in [-0.39, 0.29) is 6.04 Å². The van der Waals surface area contributed by atoms with Crippen LogP contribution in [0.3, 0.4) is 0 Å². The molecule has 1 fully saturated rings. The fourth-order valence-corrected chi connectivity index (χ4v) is 3.31. The molecule has 0 spiro atoms. The molecule has 6 nitrogen and oxygen atoms in total. The van der Waals surface area contributed by atoms with Gasteiger partial charge in [0.15, 0.2) is 5.75 Å². The predicted molar refractivity (Wildman–Crippen MR) is 97.7 cm³/mol. The van der Waals surface area contributed by atoms with E-state index >= 15 is 0 Å². The van der Waals surface area contributed by atoms with Gasteiger partial charge in [0.25, 0.3) is 0 Å². The molecule has 1 saturated heterocycles. The number of aryl methyl sites for hydroxylation is 1. The Kier molecular flexibility index (Phi) is 4.84. The molecule has 6 heteroatoms. The van der Waals surface area contributed by atoms with Crippen LogP contribution < -0.4 is 4.74 Å². The van der Waals surface area contributed by atoms with Crippen molar-refractivity contribution in [3.8, 4) is 11.6 Å². The normalized spacial score (nSPS) is 17.3. The molecule has 0 radical (unpaired) electrons. The van der Waals surface area contributed by atoms with Gasteiger partial charge in [0.2, 0.25) is 5.88 Å². The zero-order valence-corrected chi connectivity index (χ0v) is 14.7. The zero-order valence-electron chi connectivity index (χ0n) is 14.7. The molecule has 4 rings (SSSR count). The summed E-state index contributed by atoms with van der Waals surface area (Å²) in [4.78, 5) is 20.2. The molecule has 1 atom stereocenters. The first-order chi connectivity index (χ1) is 12.8. The first-order valence-electron chi connectivity index (χ1n) is 8.85. The first-order valence-corrected chi connectivity index (χ1v) is 8.85. The monoisotopic (exact) mass is 347 g/mol. The number of nitrogens with zero attached hydrogens (tertiary/aromatic N) is 5. The molecule has 0 saturated carbocycles. The Bertz CT molecular complexity index is 871.